The van der Waals surface area contributed by atoms with Gasteiger partial charge in [-0.05, 0) is 131 Å². The van der Waals surface area contributed by atoms with Crippen LogP contribution in [-0.4, -0.2) is 0 Å². The molecule has 0 unspecified atom stereocenters. The third kappa shape index (κ3) is 5.82. The molecule has 264 valence electrons. The van der Waals surface area contributed by atoms with E-state index in [1.807, 2.05) is 0 Å². The highest BCUT2D eigenvalue weighted by Crippen LogP contribution is 2.46. The summed E-state index contributed by atoms with van der Waals surface area (Å²) < 4.78 is 0. The topological polar surface area (TPSA) is 3.24 Å². The van der Waals surface area contributed by atoms with Crippen molar-refractivity contribution in [2.24, 2.45) is 0 Å². The van der Waals surface area contributed by atoms with Gasteiger partial charge in [-0.1, -0.05) is 176 Å². The van der Waals surface area contributed by atoms with Crippen LogP contribution in [-0.2, 0) is 0 Å². The molecular weight excluding hydrogens is 675 g/mol. The van der Waals surface area contributed by atoms with Crippen molar-refractivity contribution in [1.29, 1.82) is 0 Å². The second-order valence-electron chi connectivity index (χ2n) is 14.7. The highest BCUT2D eigenvalue weighted by molar-refractivity contribution is 6.22. The molecular formula is C55H39N. The summed E-state index contributed by atoms with van der Waals surface area (Å²) in [6, 6.07) is 74.9. The van der Waals surface area contributed by atoms with Gasteiger partial charge in [-0.25, -0.2) is 0 Å². The van der Waals surface area contributed by atoms with Crippen LogP contribution in [0.15, 0.2) is 213 Å². The number of rotatable bonds is 7. The zero-order chi connectivity index (χ0) is 37.6. The molecule has 0 aromatic heterocycles. The molecule has 0 saturated heterocycles. The van der Waals surface area contributed by atoms with Gasteiger partial charge in [0.05, 0.1) is 0 Å². The van der Waals surface area contributed by atoms with Gasteiger partial charge in [-0.15, -0.1) is 0 Å². The number of aryl methyl sites for hydroxylation is 1. The molecule has 10 rings (SSSR count). The van der Waals surface area contributed by atoms with E-state index >= 15 is 0 Å². The van der Waals surface area contributed by atoms with E-state index in [9.17, 15) is 0 Å². The molecule has 0 aliphatic carbocycles. The summed E-state index contributed by atoms with van der Waals surface area (Å²) in [6.45, 7) is 6.80. The number of hydrogen-bond donors (Lipinski definition) is 0. The van der Waals surface area contributed by atoms with Gasteiger partial charge in [0.25, 0.3) is 0 Å². The Morgan fingerprint density at radius 1 is 0.375 bits per heavy atom. The standard InChI is InChI=1S/C55H39N/c1-37-14-6-13-23-53(37)56(48-19-4-3-5-20-48)38(2)39-24-26-42(27-25-39)45-32-33-51-52(36-45)55(47-31-29-41-16-8-10-18-44(41)35-47)50-22-12-11-21-49(50)54(51)46-30-28-40-15-7-9-17-43(40)34-46/h3-36H,2H2,1H3. The Morgan fingerprint density at radius 3 is 1.48 bits per heavy atom. The molecule has 0 spiro atoms. The summed E-state index contributed by atoms with van der Waals surface area (Å²) in [6.07, 6.45) is 0. The largest absolute Gasteiger partial charge is 0.310 e. The quantitative estimate of drug-likeness (QED) is 0.149. The maximum Gasteiger partial charge on any atom is 0.0490 e. The van der Waals surface area contributed by atoms with Crippen molar-refractivity contribution in [3.8, 4) is 33.4 Å². The monoisotopic (exact) mass is 713 g/mol. The summed E-state index contributed by atoms with van der Waals surface area (Å²) in [5, 5.41) is 9.96. The molecule has 0 saturated carbocycles. The lowest BCUT2D eigenvalue weighted by Crippen LogP contribution is -2.15. The SMILES string of the molecule is C=C(c1ccc(-c2ccc3c(-c4ccc5ccccc5c4)c4ccccc4c(-c4ccc5ccccc5c4)c3c2)cc1)N(c1ccccc1)c1ccccc1C. The van der Waals surface area contributed by atoms with E-state index in [1.165, 1.54) is 76.5 Å². The second kappa shape index (κ2) is 13.9. The van der Waals surface area contributed by atoms with Gasteiger partial charge in [0.2, 0.25) is 0 Å². The Bertz CT molecular complexity index is 3100. The van der Waals surface area contributed by atoms with E-state index in [-0.39, 0.29) is 0 Å². The zero-order valence-corrected chi connectivity index (χ0v) is 31.3. The van der Waals surface area contributed by atoms with Crippen LogP contribution in [0.25, 0.3) is 82.2 Å². The predicted octanol–water partition coefficient (Wildman–Crippen LogP) is 15.4. The summed E-state index contributed by atoms with van der Waals surface area (Å²) in [5.74, 6) is 0. The van der Waals surface area contributed by atoms with Crippen molar-refractivity contribution in [1.82, 2.24) is 0 Å². The number of hydrogen-bond acceptors (Lipinski definition) is 1. The molecule has 0 N–H and O–H groups in total. The minimum absolute atomic E-state index is 0.931. The van der Waals surface area contributed by atoms with E-state index in [4.69, 9.17) is 0 Å². The first kappa shape index (κ1) is 33.4. The first-order valence-corrected chi connectivity index (χ1v) is 19.3. The zero-order valence-electron chi connectivity index (χ0n) is 31.3. The molecule has 56 heavy (non-hydrogen) atoms. The number of fused-ring (bicyclic) bond motifs is 4. The van der Waals surface area contributed by atoms with Crippen molar-refractivity contribution in [3.05, 3.63) is 224 Å². The molecule has 0 aliphatic rings. The predicted molar refractivity (Wildman–Crippen MR) is 242 cm³/mol. The van der Waals surface area contributed by atoms with E-state index in [0.717, 1.165) is 28.2 Å². The van der Waals surface area contributed by atoms with Gasteiger partial charge in [-0.3, -0.25) is 0 Å². The summed E-state index contributed by atoms with van der Waals surface area (Å²) in [5.41, 5.74) is 12.7. The Balaban J connectivity index is 1.15. The van der Waals surface area contributed by atoms with Crippen LogP contribution < -0.4 is 4.90 Å². The van der Waals surface area contributed by atoms with Crippen LogP contribution in [0.2, 0.25) is 0 Å². The summed E-state index contributed by atoms with van der Waals surface area (Å²) in [7, 11) is 0. The van der Waals surface area contributed by atoms with E-state index in [1.54, 1.807) is 0 Å². The van der Waals surface area contributed by atoms with E-state index in [2.05, 4.69) is 225 Å². The average Bonchev–Trinajstić information content (AvgIpc) is 3.26. The van der Waals surface area contributed by atoms with Crippen molar-refractivity contribution >= 4 is 60.2 Å². The van der Waals surface area contributed by atoms with Gasteiger partial charge >= 0.3 is 0 Å². The number of nitrogens with zero attached hydrogens (tertiary/aromatic N) is 1. The van der Waals surface area contributed by atoms with Gasteiger partial charge in [0.1, 0.15) is 0 Å². The third-order valence-corrected chi connectivity index (χ3v) is 11.3. The molecule has 0 aliphatic heterocycles. The van der Waals surface area contributed by atoms with Gasteiger partial charge in [-0.2, -0.15) is 0 Å². The number of benzene rings is 10. The molecule has 1 nitrogen and oxygen atoms in total. The Labute approximate surface area is 328 Å². The molecule has 0 heterocycles. The summed E-state index contributed by atoms with van der Waals surface area (Å²) >= 11 is 0. The van der Waals surface area contributed by atoms with Crippen LogP contribution in [0.3, 0.4) is 0 Å². The highest BCUT2D eigenvalue weighted by atomic mass is 15.1. The molecule has 0 atom stereocenters. The first-order valence-electron chi connectivity index (χ1n) is 19.3. The molecule has 0 bridgehead atoms. The van der Waals surface area contributed by atoms with Gasteiger partial charge in [0.15, 0.2) is 0 Å². The van der Waals surface area contributed by atoms with Crippen LogP contribution in [0.1, 0.15) is 11.1 Å². The minimum Gasteiger partial charge on any atom is -0.310 e. The van der Waals surface area contributed by atoms with Gasteiger partial charge in [0, 0.05) is 17.1 Å². The molecule has 1 heteroatoms. The fraction of sp³-hybridized carbons (Fsp3) is 0.0182. The molecule has 0 fully saturated rings. The van der Waals surface area contributed by atoms with E-state index < -0.39 is 0 Å². The maximum atomic E-state index is 4.64. The van der Waals surface area contributed by atoms with Crippen molar-refractivity contribution in [2.75, 3.05) is 4.90 Å². The highest BCUT2D eigenvalue weighted by Gasteiger charge is 2.20. The van der Waals surface area contributed by atoms with Crippen LogP contribution in [0.5, 0.6) is 0 Å². The molecule has 10 aromatic carbocycles. The van der Waals surface area contributed by atoms with Crippen molar-refractivity contribution in [3.63, 3.8) is 0 Å². The fourth-order valence-corrected chi connectivity index (χ4v) is 8.49. The lowest BCUT2D eigenvalue weighted by molar-refractivity contribution is 1.26. The normalized spacial score (nSPS) is 11.4. The van der Waals surface area contributed by atoms with Crippen LogP contribution in [0.4, 0.5) is 11.4 Å². The lowest BCUT2D eigenvalue weighted by atomic mass is 9.84. The lowest BCUT2D eigenvalue weighted by Gasteiger charge is -2.29. The fourth-order valence-electron chi connectivity index (χ4n) is 8.49. The Morgan fingerprint density at radius 2 is 0.857 bits per heavy atom. The molecule has 10 aromatic rings. The van der Waals surface area contributed by atoms with Crippen LogP contribution >= 0.6 is 0 Å². The third-order valence-electron chi connectivity index (χ3n) is 11.3. The first-order chi connectivity index (χ1) is 27.6. The van der Waals surface area contributed by atoms with Crippen molar-refractivity contribution < 1.29 is 0 Å². The minimum atomic E-state index is 0.931. The second-order valence-corrected chi connectivity index (χ2v) is 14.7. The number of para-hydroxylation sites is 2. The Hall–Kier alpha value is -7.22. The van der Waals surface area contributed by atoms with Gasteiger partial charge < -0.3 is 4.90 Å². The molecule has 0 amide bonds. The number of anilines is 2. The van der Waals surface area contributed by atoms with E-state index in [0.29, 0.717) is 0 Å². The Kier molecular flexibility index (Phi) is 8.27. The smallest absolute Gasteiger partial charge is 0.0490 e. The summed E-state index contributed by atoms with van der Waals surface area (Å²) in [4.78, 5) is 2.26. The van der Waals surface area contributed by atoms with Crippen molar-refractivity contribution in [2.45, 2.75) is 6.92 Å². The average molecular weight is 714 g/mol. The molecule has 0 radical (unpaired) electrons. The maximum absolute atomic E-state index is 4.64. The van der Waals surface area contributed by atoms with Crippen LogP contribution in [0, 0.1) is 6.92 Å².